The van der Waals surface area contributed by atoms with E-state index in [4.69, 9.17) is 0 Å². The van der Waals surface area contributed by atoms with Crippen molar-refractivity contribution in [2.24, 2.45) is 19.2 Å². The largest absolute Gasteiger partial charge is 0.507 e. The highest BCUT2D eigenvalue weighted by Gasteiger charge is 2.19. The van der Waals surface area contributed by atoms with E-state index in [2.05, 4.69) is 5.10 Å². The highest BCUT2D eigenvalue weighted by atomic mass is 16.3. The predicted molar refractivity (Wildman–Crippen MR) is 109 cm³/mol. The molecule has 0 saturated heterocycles. The lowest BCUT2D eigenvalue weighted by Crippen LogP contribution is -2.36. The summed E-state index contributed by atoms with van der Waals surface area (Å²) in [6, 6.07) is 16.2. The van der Waals surface area contributed by atoms with Gasteiger partial charge in [0.05, 0.1) is 29.0 Å². The Kier molecular flexibility index (Phi) is 4.19. The van der Waals surface area contributed by atoms with Crippen molar-refractivity contribution in [3.05, 3.63) is 87.2 Å². The Morgan fingerprint density at radius 1 is 0.929 bits per heavy atom. The number of hydrogen-bond acceptors (Lipinski definition) is 4. The number of fused-ring (bicyclic) bond motifs is 1. The quantitative estimate of drug-likeness (QED) is 0.559. The molecule has 0 bridgehead atoms. The molecule has 0 amide bonds. The maximum absolute atomic E-state index is 12.9. The first-order valence-electron chi connectivity index (χ1n) is 8.68. The Morgan fingerprint density at radius 2 is 1.61 bits per heavy atom. The molecule has 0 fully saturated rings. The van der Waals surface area contributed by atoms with Gasteiger partial charge in [0, 0.05) is 25.2 Å². The van der Waals surface area contributed by atoms with Crippen molar-refractivity contribution in [3.63, 3.8) is 0 Å². The first kappa shape index (κ1) is 17.5. The van der Waals surface area contributed by atoms with Crippen molar-refractivity contribution < 1.29 is 5.11 Å². The van der Waals surface area contributed by atoms with Gasteiger partial charge in [0.1, 0.15) is 5.75 Å². The second-order valence-electron chi connectivity index (χ2n) is 6.46. The first-order chi connectivity index (χ1) is 13.5. The van der Waals surface area contributed by atoms with Gasteiger partial charge in [-0.25, -0.2) is 9.47 Å². The van der Waals surface area contributed by atoms with Crippen molar-refractivity contribution in [3.8, 4) is 17.0 Å². The summed E-state index contributed by atoms with van der Waals surface area (Å²) >= 11 is 0. The number of aromatic nitrogens is 3. The molecular formula is C21H18N4O3. The van der Waals surface area contributed by atoms with Crippen LogP contribution >= 0.6 is 0 Å². The molecule has 4 aromatic rings. The smallest absolute Gasteiger partial charge is 0.330 e. The molecule has 2 heterocycles. The van der Waals surface area contributed by atoms with Gasteiger partial charge in [0.25, 0.3) is 5.56 Å². The van der Waals surface area contributed by atoms with E-state index in [0.717, 1.165) is 10.1 Å². The fourth-order valence-corrected chi connectivity index (χ4v) is 3.21. The highest BCUT2D eigenvalue weighted by Crippen LogP contribution is 2.28. The van der Waals surface area contributed by atoms with Gasteiger partial charge in [-0.05, 0) is 12.1 Å². The summed E-state index contributed by atoms with van der Waals surface area (Å²) < 4.78 is 4.08. The molecule has 0 aliphatic carbocycles. The van der Waals surface area contributed by atoms with E-state index >= 15 is 0 Å². The van der Waals surface area contributed by atoms with Gasteiger partial charge in [-0.1, -0.05) is 42.5 Å². The first-order valence-corrected chi connectivity index (χ1v) is 8.68. The number of benzene rings is 2. The van der Waals surface area contributed by atoms with E-state index in [1.807, 2.05) is 30.3 Å². The summed E-state index contributed by atoms with van der Waals surface area (Å²) in [6.45, 7) is 0. The Balaban J connectivity index is 2.05. The second-order valence-corrected chi connectivity index (χ2v) is 6.46. The van der Waals surface area contributed by atoms with Crippen molar-refractivity contribution in [2.45, 2.75) is 0 Å². The standard InChI is InChI=1S/C21H18N4O3/c1-23-16-13-25(22-12-15-10-6-7-11-17(15)26)19(14-8-4-3-5-9-14)18(16)20(27)24(2)21(23)28/h3-13,26H,1-2H3/b22-12-. The number of phenols is 1. The third-order valence-electron chi connectivity index (χ3n) is 4.73. The molecule has 7 heteroatoms. The lowest BCUT2D eigenvalue weighted by molar-refractivity contribution is 0.474. The number of aryl methyl sites for hydroxylation is 1. The lowest BCUT2D eigenvalue weighted by Gasteiger charge is -2.06. The summed E-state index contributed by atoms with van der Waals surface area (Å²) in [5, 5.41) is 14.8. The normalized spacial score (nSPS) is 11.5. The van der Waals surface area contributed by atoms with Crippen molar-refractivity contribution in [1.29, 1.82) is 0 Å². The molecule has 0 spiro atoms. The molecule has 1 N–H and O–H groups in total. The van der Waals surface area contributed by atoms with Crippen LogP contribution in [0.3, 0.4) is 0 Å². The van der Waals surface area contributed by atoms with Crippen LogP contribution in [0, 0.1) is 0 Å². The zero-order chi connectivity index (χ0) is 19.8. The molecule has 0 atom stereocenters. The van der Waals surface area contributed by atoms with E-state index in [1.165, 1.54) is 17.8 Å². The summed E-state index contributed by atoms with van der Waals surface area (Å²) in [6.07, 6.45) is 3.17. The molecule has 7 nitrogen and oxygen atoms in total. The average molecular weight is 374 g/mol. The number of hydrogen-bond donors (Lipinski definition) is 1. The van der Waals surface area contributed by atoms with Gasteiger partial charge in [-0.3, -0.25) is 13.9 Å². The molecule has 0 unspecified atom stereocenters. The summed E-state index contributed by atoms with van der Waals surface area (Å²) in [5.74, 6) is 0.104. The van der Waals surface area contributed by atoms with Gasteiger partial charge >= 0.3 is 5.69 Å². The minimum absolute atomic E-state index is 0.104. The van der Waals surface area contributed by atoms with E-state index in [0.29, 0.717) is 22.2 Å². The van der Waals surface area contributed by atoms with Crippen LogP contribution < -0.4 is 11.2 Å². The summed E-state index contributed by atoms with van der Waals surface area (Å²) in [5.41, 5.74) is 1.62. The van der Waals surface area contributed by atoms with E-state index in [9.17, 15) is 14.7 Å². The van der Waals surface area contributed by atoms with E-state index < -0.39 is 5.69 Å². The number of phenolic OH excluding ortho intramolecular Hbond substituents is 1. The van der Waals surface area contributed by atoms with E-state index in [1.54, 1.807) is 42.2 Å². The Bertz CT molecular complexity index is 1330. The van der Waals surface area contributed by atoms with E-state index in [-0.39, 0.29) is 11.3 Å². The monoisotopic (exact) mass is 374 g/mol. The number of aromatic hydroxyl groups is 1. The number of para-hydroxylation sites is 1. The van der Waals surface area contributed by atoms with Crippen LogP contribution in [-0.4, -0.2) is 25.1 Å². The minimum atomic E-state index is -0.404. The summed E-state index contributed by atoms with van der Waals surface area (Å²) in [4.78, 5) is 25.2. The number of nitrogens with zero attached hydrogens (tertiary/aromatic N) is 4. The van der Waals surface area contributed by atoms with Crippen LogP contribution in [0.4, 0.5) is 0 Å². The third-order valence-corrected chi connectivity index (χ3v) is 4.73. The van der Waals surface area contributed by atoms with Crippen LogP contribution in [0.2, 0.25) is 0 Å². The van der Waals surface area contributed by atoms with Gasteiger partial charge in [0.2, 0.25) is 0 Å². The Hall–Kier alpha value is -3.87. The van der Waals surface area contributed by atoms with Crippen molar-refractivity contribution in [2.75, 3.05) is 0 Å². The summed E-state index contributed by atoms with van der Waals surface area (Å²) in [7, 11) is 3.08. The zero-order valence-electron chi connectivity index (χ0n) is 15.4. The second kappa shape index (κ2) is 6.70. The molecule has 2 aromatic heterocycles. The van der Waals surface area contributed by atoms with Crippen LogP contribution in [0.15, 0.2) is 75.5 Å². The maximum atomic E-state index is 12.9. The van der Waals surface area contributed by atoms with Gasteiger partial charge in [-0.2, -0.15) is 5.10 Å². The fourth-order valence-electron chi connectivity index (χ4n) is 3.21. The molecular weight excluding hydrogens is 356 g/mol. The minimum Gasteiger partial charge on any atom is -0.507 e. The maximum Gasteiger partial charge on any atom is 0.330 e. The van der Waals surface area contributed by atoms with Crippen molar-refractivity contribution >= 4 is 17.1 Å². The van der Waals surface area contributed by atoms with Gasteiger partial charge < -0.3 is 5.11 Å². The van der Waals surface area contributed by atoms with Crippen molar-refractivity contribution in [1.82, 2.24) is 13.8 Å². The molecule has 0 radical (unpaired) electrons. The van der Waals surface area contributed by atoms with Gasteiger partial charge in [0.15, 0.2) is 0 Å². The van der Waals surface area contributed by atoms with Crippen LogP contribution in [0.1, 0.15) is 5.56 Å². The molecule has 0 aliphatic rings. The van der Waals surface area contributed by atoms with Crippen LogP contribution in [0.25, 0.3) is 22.2 Å². The zero-order valence-corrected chi connectivity index (χ0v) is 15.4. The molecule has 140 valence electrons. The van der Waals surface area contributed by atoms with Gasteiger partial charge in [-0.15, -0.1) is 0 Å². The molecule has 2 aromatic carbocycles. The Labute approximate surface area is 160 Å². The SMILES string of the molecule is Cn1c(=O)c2c(-c3ccccc3)n(/N=C\c3ccccc3O)cc2n(C)c1=O. The third kappa shape index (κ3) is 2.73. The molecule has 28 heavy (non-hydrogen) atoms. The number of rotatable bonds is 3. The average Bonchev–Trinajstić information content (AvgIpc) is 3.10. The topological polar surface area (TPSA) is 81.5 Å². The fraction of sp³-hybridized carbons (Fsp3) is 0.0952. The highest BCUT2D eigenvalue weighted by molar-refractivity contribution is 5.94. The molecule has 0 saturated carbocycles. The molecule has 4 rings (SSSR count). The lowest BCUT2D eigenvalue weighted by atomic mass is 10.1. The predicted octanol–water partition coefficient (Wildman–Crippen LogP) is 2.29. The van der Waals surface area contributed by atoms with Crippen LogP contribution in [-0.2, 0) is 14.1 Å². The Morgan fingerprint density at radius 3 is 2.32 bits per heavy atom. The van der Waals surface area contributed by atoms with Crippen LogP contribution in [0.5, 0.6) is 5.75 Å². The molecule has 0 aliphatic heterocycles.